The van der Waals surface area contributed by atoms with Gasteiger partial charge in [0.2, 0.25) is 0 Å². The van der Waals surface area contributed by atoms with E-state index in [1.807, 2.05) is 0 Å². The summed E-state index contributed by atoms with van der Waals surface area (Å²) in [6.07, 6.45) is -3.51. The molecule has 0 saturated heterocycles. The maximum atomic E-state index is 12.3. The lowest BCUT2D eigenvalue weighted by atomic mass is 9.99. The fourth-order valence-corrected chi connectivity index (χ4v) is 1.52. The zero-order chi connectivity index (χ0) is 12.3. The van der Waals surface area contributed by atoms with Gasteiger partial charge in [-0.05, 0) is 23.5 Å². The molecule has 0 aromatic heterocycles. The van der Waals surface area contributed by atoms with Crippen molar-refractivity contribution in [3.8, 4) is 0 Å². The van der Waals surface area contributed by atoms with Gasteiger partial charge in [0, 0.05) is 0 Å². The molecule has 1 atom stereocenters. The molecule has 0 aliphatic rings. The number of alkyl halides is 3. The van der Waals surface area contributed by atoms with Crippen molar-refractivity contribution in [1.82, 2.24) is 0 Å². The summed E-state index contributed by atoms with van der Waals surface area (Å²) in [5, 5.41) is 0. The van der Waals surface area contributed by atoms with Gasteiger partial charge >= 0.3 is 6.18 Å². The quantitative estimate of drug-likeness (QED) is 0.884. The third-order valence-corrected chi connectivity index (χ3v) is 2.34. The van der Waals surface area contributed by atoms with Gasteiger partial charge in [0.15, 0.2) is 0 Å². The first-order valence-corrected chi connectivity index (χ1v) is 5.22. The van der Waals surface area contributed by atoms with Gasteiger partial charge < -0.3 is 5.73 Å². The van der Waals surface area contributed by atoms with Crippen LogP contribution < -0.4 is 5.73 Å². The first-order valence-electron chi connectivity index (χ1n) is 5.22. The number of hydrogen-bond donors (Lipinski definition) is 1. The molecule has 1 aromatic rings. The first-order chi connectivity index (χ1) is 7.30. The summed E-state index contributed by atoms with van der Waals surface area (Å²) in [6.45, 7) is 4.13. The van der Waals surface area contributed by atoms with E-state index in [9.17, 15) is 13.2 Å². The van der Waals surface area contributed by atoms with Crippen molar-refractivity contribution in [1.29, 1.82) is 0 Å². The Bertz CT molecular complexity index is 333. The Morgan fingerprint density at radius 2 is 1.59 bits per heavy atom. The van der Waals surface area contributed by atoms with Gasteiger partial charge in [0.25, 0.3) is 0 Å². The number of halogens is 4. The molecular weight excluding hydrogens is 251 g/mol. The van der Waals surface area contributed by atoms with Gasteiger partial charge in [0.05, 0.1) is 0 Å². The predicted octanol–water partition coefficient (Wildman–Crippen LogP) is 3.87. The summed E-state index contributed by atoms with van der Waals surface area (Å²) < 4.78 is 37.0. The lowest BCUT2D eigenvalue weighted by Crippen LogP contribution is -2.28. The van der Waals surface area contributed by atoms with Gasteiger partial charge in [-0.3, -0.25) is 0 Å². The monoisotopic (exact) mass is 267 g/mol. The van der Waals surface area contributed by atoms with Gasteiger partial charge in [-0.15, -0.1) is 12.4 Å². The van der Waals surface area contributed by atoms with Crippen LogP contribution >= 0.6 is 12.4 Å². The van der Waals surface area contributed by atoms with Crippen molar-refractivity contribution in [2.75, 3.05) is 0 Å². The minimum Gasteiger partial charge on any atom is -0.316 e. The second-order valence-corrected chi connectivity index (χ2v) is 4.36. The molecule has 0 bridgehead atoms. The summed E-state index contributed by atoms with van der Waals surface area (Å²) in [4.78, 5) is 0. The van der Waals surface area contributed by atoms with E-state index < -0.39 is 12.2 Å². The Morgan fingerprint density at radius 3 is 1.94 bits per heavy atom. The summed E-state index contributed by atoms with van der Waals surface area (Å²) >= 11 is 0. The van der Waals surface area contributed by atoms with Gasteiger partial charge in [-0.25, -0.2) is 0 Å². The van der Waals surface area contributed by atoms with Gasteiger partial charge in [0.1, 0.15) is 6.04 Å². The fraction of sp³-hybridized carbons (Fsp3) is 0.500. The lowest BCUT2D eigenvalue weighted by molar-refractivity contribution is -0.149. The second-order valence-electron chi connectivity index (χ2n) is 4.36. The Morgan fingerprint density at radius 1 is 1.12 bits per heavy atom. The van der Waals surface area contributed by atoms with Crippen LogP contribution in [0.2, 0.25) is 0 Å². The van der Waals surface area contributed by atoms with Crippen LogP contribution in [0, 0.1) is 5.92 Å². The Kier molecular flexibility index (Phi) is 5.99. The van der Waals surface area contributed by atoms with Crippen LogP contribution in [0.3, 0.4) is 0 Å². The standard InChI is InChI=1S/C12H16F3N.ClH/c1-8(2)7-9-3-5-10(6-4-9)11(16)12(13,14)15;/h3-6,8,11H,7,16H2,1-2H3;1H/t11-;/m0./s1. The highest BCUT2D eigenvalue weighted by Gasteiger charge is 2.37. The van der Waals surface area contributed by atoms with Crippen molar-refractivity contribution >= 4 is 12.4 Å². The van der Waals surface area contributed by atoms with E-state index in [0.717, 1.165) is 12.0 Å². The molecule has 0 aliphatic carbocycles. The van der Waals surface area contributed by atoms with Crippen LogP contribution in [-0.4, -0.2) is 6.18 Å². The van der Waals surface area contributed by atoms with Crippen molar-refractivity contribution in [3.05, 3.63) is 35.4 Å². The lowest BCUT2D eigenvalue weighted by Gasteiger charge is -2.16. The molecule has 1 aromatic carbocycles. The van der Waals surface area contributed by atoms with E-state index in [1.54, 1.807) is 12.1 Å². The molecule has 0 amide bonds. The van der Waals surface area contributed by atoms with E-state index in [-0.39, 0.29) is 18.0 Å². The van der Waals surface area contributed by atoms with Crippen LogP contribution in [0.5, 0.6) is 0 Å². The average Bonchev–Trinajstić information content (AvgIpc) is 2.15. The molecule has 0 saturated carbocycles. The summed E-state index contributed by atoms with van der Waals surface area (Å²) in [5.74, 6) is 0.488. The largest absolute Gasteiger partial charge is 0.407 e. The van der Waals surface area contributed by atoms with E-state index in [1.165, 1.54) is 12.1 Å². The molecule has 0 fully saturated rings. The minimum absolute atomic E-state index is 0. The molecule has 17 heavy (non-hydrogen) atoms. The van der Waals surface area contributed by atoms with Crippen molar-refractivity contribution in [3.63, 3.8) is 0 Å². The summed E-state index contributed by atoms with van der Waals surface area (Å²) in [6, 6.07) is 4.44. The maximum absolute atomic E-state index is 12.3. The SMILES string of the molecule is CC(C)Cc1ccc([C@H](N)C(F)(F)F)cc1.Cl. The third-order valence-electron chi connectivity index (χ3n) is 2.34. The highest BCUT2D eigenvalue weighted by Crippen LogP contribution is 2.30. The highest BCUT2D eigenvalue weighted by molar-refractivity contribution is 5.85. The molecule has 0 spiro atoms. The summed E-state index contributed by atoms with van der Waals surface area (Å²) in [7, 11) is 0. The van der Waals surface area contributed by atoms with E-state index >= 15 is 0 Å². The van der Waals surface area contributed by atoms with Crippen molar-refractivity contribution in [2.24, 2.45) is 11.7 Å². The predicted molar refractivity (Wildman–Crippen MR) is 65.2 cm³/mol. The number of nitrogens with two attached hydrogens (primary N) is 1. The molecule has 98 valence electrons. The highest BCUT2D eigenvalue weighted by atomic mass is 35.5. The van der Waals surface area contributed by atoms with Crippen LogP contribution in [0.4, 0.5) is 13.2 Å². The second kappa shape index (κ2) is 6.26. The zero-order valence-corrected chi connectivity index (χ0v) is 10.6. The van der Waals surface area contributed by atoms with Crippen LogP contribution in [0.25, 0.3) is 0 Å². The molecule has 0 heterocycles. The van der Waals surface area contributed by atoms with E-state index in [4.69, 9.17) is 5.73 Å². The average molecular weight is 268 g/mol. The maximum Gasteiger partial charge on any atom is 0.407 e. The van der Waals surface area contributed by atoms with Crippen LogP contribution in [0.15, 0.2) is 24.3 Å². The number of rotatable bonds is 3. The molecular formula is C12H17ClF3N. The molecule has 2 N–H and O–H groups in total. The number of benzene rings is 1. The van der Waals surface area contributed by atoms with E-state index in [2.05, 4.69) is 13.8 Å². The van der Waals surface area contributed by atoms with Crippen LogP contribution in [0.1, 0.15) is 31.0 Å². The minimum atomic E-state index is -4.38. The van der Waals surface area contributed by atoms with Crippen molar-refractivity contribution < 1.29 is 13.2 Å². The topological polar surface area (TPSA) is 26.0 Å². The molecule has 0 aliphatic heterocycles. The summed E-state index contributed by atoms with van der Waals surface area (Å²) in [5.41, 5.74) is 6.24. The Hall–Kier alpha value is -0.740. The molecule has 1 rings (SSSR count). The van der Waals surface area contributed by atoms with Crippen LogP contribution in [-0.2, 0) is 6.42 Å². The van der Waals surface area contributed by atoms with Gasteiger partial charge in [-0.1, -0.05) is 38.1 Å². The first kappa shape index (κ1) is 16.3. The molecule has 0 radical (unpaired) electrons. The molecule has 0 unspecified atom stereocenters. The van der Waals surface area contributed by atoms with E-state index in [0.29, 0.717) is 5.92 Å². The fourth-order valence-electron chi connectivity index (χ4n) is 1.52. The smallest absolute Gasteiger partial charge is 0.316 e. The molecule has 1 nitrogen and oxygen atoms in total. The number of hydrogen-bond acceptors (Lipinski definition) is 1. The van der Waals surface area contributed by atoms with Gasteiger partial charge in [-0.2, -0.15) is 13.2 Å². The Balaban J connectivity index is 0.00000256. The van der Waals surface area contributed by atoms with Crippen molar-refractivity contribution in [2.45, 2.75) is 32.5 Å². The normalized spacial score (nSPS) is 13.4. The Labute approximate surface area is 106 Å². The third kappa shape index (κ3) is 4.96. The molecule has 5 heteroatoms. The zero-order valence-electron chi connectivity index (χ0n) is 9.79.